The standard InChI is InChI=1S/C10H11F4NO/c1-6(16)5-15-9-4-7(10(12,13)14)2-3-8(9)11/h2-4,6,15-16H,5H2,1H3/t6-/m1/s1. The first kappa shape index (κ1) is 12.8. The molecule has 0 unspecified atom stereocenters. The zero-order valence-electron chi connectivity index (χ0n) is 8.48. The third-order valence-corrected chi connectivity index (χ3v) is 1.88. The van der Waals surface area contributed by atoms with Crippen LogP contribution in [0.25, 0.3) is 0 Å². The molecule has 1 rings (SSSR count). The first-order valence-corrected chi connectivity index (χ1v) is 4.59. The van der Waals surface area contributed by atoms with E-state index in [0.717, 1.165) is 6.07 Å². The number of nitrogens with one attached hydrogen (secondary N) is 1. The van der Waals surface area contributed by atoms with Crippen molar-refractivity contribution in [1.29, 1.82) is 0 Å². The predicted molar refractivity (Wildman–Crippen MR) is 51.6 cm³/mol. The van der Waals surface area contributed by atoms with Crippen LogP contribution in [0.5, 0.6) is 0 Å². The molecule has 0 spiro atoms. The fraction of sp³-hybridized carbons (Fsp3) is 0.400. The van der Waals surface area contributed by atoms with Gasteiger partial charge in [0.25, 0.3) is 0 Å². The van der Waals surface area contributed by atoms with Crippen molar-refractivity contribution in [3.63, 3.8) is 0 Å². The van der Waals surface area contributed by atoms with Crippen LogP contribution in [0.4, 0.5) is 23.2 Å². The molecule has 6 heteroatoms. The highest BCUT2D eigenvalue weighted by Gasteiger charge is 2.31. The number of hydrogen-bond donors (Lipinski definition) is 2. The highest BCUT2D eigenvalue weighted by atomic mass is 19.4. The second kappa shape index (κ2) is 4.69. The van der Waals surface area contributed by atoms with Gasteiger partial charge in [0.05, 0.1) is 17.4 Å². The normalized spacial score (nSPS) is 13.6. The molecule has 0 aliphatic heterocycles. The maximum atomic E-state index is 13.1. The number of benzene rings is 1. The van der Waals surface area contributed by atoms with E-state index in [9.17, 15) is 17.6 Å². The molecule has 90 valence electrons. The summed E-state index contributed by atoms with van der Waals surface area (Å²) in [6.45, 7) is 1.43. The maximum absolute atomic E-state index is 13.1. The largest absolute Gasteiger partial charge is 0.416 e. The zero-order valence-corrected chi connectivity index (χ0v) is 8.48. The monoisotopic (exact) mass is 237 g/mol. The van der Waals surface area contributed by atoms with Crippen molar-refractivity contribution in [2.45, 2.75) is 19.2 Å². The van der Waals surface area contributed by atoms with E-state index in [0.29, 0.717) is 12.1 Å². The molecule has 0 aromatic heterocycles. The molecule has 0 aliphatic carbocycles. The minimum absolute atomic E-state index is 0.0156. The van der Waals surface area contributed by atoms with Gasteiger partial charge in [0.2, 0.25) is 0 Å². The highest BCUT2D eigenvalue weighted by Crippen LogP contribution is 2.31. The summed E-state index contributed by atoms with van der Waals surface area (Å²) in [6.07, 6.45) is -5.27. The van der Waals surface area contributed by atoms with Crippen molar-refractivity contribution in [3.8, 4) is 0 Å². The van der Waals surface area contributed by atoms with Crippen LogP contribution in [0.3, 0.4) is 0 Å². The summed E-state index contributed by atoms with van der Waals surface area (Å²) < 4.78 is 50.0. The molecule has 16 heavy (non-hydrogen) atoms. The number of hydrogen-bond acceptors (Lipinski definition) is 2. The number of aliphatic hydroxyl groups excluding tert-OH is 1. The van der Waals surface area contributed by atoms with Crippen LogP contribution in [0, 0.1) is 5.82 Å². The minimum atomic E-state index is -4.50. The van der Waals surface area contributed by atoms with Gasteiger partial charge in [-0.3, -0.25) is 0 Å². The third-order valence-electron chi connectivity index (χ3n) is 1.88. The molecule has 0 fully saturated rings. The SMILES string of the molecule is C[C@@H](O)CNc1cc(C(F)(F)F)ccc1F. The van der Waals surface area contributed by atoms with E-state index < -0.39 is 23.7 Å². The third kappa shape index (κ3) is 3.37. The Morgan fingerprint density at radius 2 is 2.00 bits per heavy atom. The Hall–Kier alpha value is -1.30. The smallest absolute Gasteiger partial charge is 0.392 e. The van der Waals surface area contributed by atoms with E-state index in [1.54, 1.807) is 0 Å². The molecule has 0 radical (unpaired) electrons. The molecule has 0 saturated heterocycles. The molecule has 1 atom stereocenters. The van der Waals surface area contributed by atoms with Crippen LogP contribution in [-0.4, -0.2) is 17.8 Å². The van der Waals surface area contributed by atoms with Gasteiger partial charge in [0.15, 0.2) is 0 Å². The average molecular weight is 237 g/mol. The van der Waals surface area contributed by atoms with Crippen LogP contribution in [-0.2, 0) is 6.18 Å². The minimum Gasteiger partial charge on any atom is -0.392 e. The van der Waals surface area contributed by atoms with Gasteiger partial charge in [-0.2, -0.15) is 13.2 Å². The summed E-state index contributed by atoms with van der Waals surface area (Å²) in [4.78, 5) is 0. The van der Waals surface area contributed by atoms with E-state index in [1.807, 2.05) is 0 Å². The number of anilines is 1. The first-order chi connectivity index (χ1) is 7.30. The first-order valence-electron chi connectivity index (χ1n) is 4.59. The Morgan fingerprint density at radius 3 is 2.50 bits per heavy atom. The second-order valence-electron chi connectivity index (χ2n) is 3.42. The molecule has 0 aliphatic rings. The Kier molecular flexibility index (Phi) is 3.74. The van der Waals surface area contributed by atoms with Crippen molar-refractivity contribution >= 4 is 5.69 Å². The maximum Gasteiger partial charge on any atom is 0.416 e. The number of halogens is 4. The van der Waals surface area contributed by atoms with Gasteiger partial charge in [-0.15, -0.1) is 0 Å². The molecule has 0 saturated carbocycles. The average Bonchev–Trinajstić information content (AvgIpc) is 2.14. The lowest BCUT2D eigenvalue weighted by Gasteiger charge is -2.12. The van der Waals surface area contributed by atoms with Crippen molar-refractivity contribution in [2.75, 3.05) is 11.9 Å². The van der Waals surface area contributed by atoms with Gasteiger partial charge in [-0.25, -0.2) is 4.39 Å². The molecule has 1 aromatic rings. The zero-order chi connectivity index (χ0) is 12.3. The van der Waals surface area contributed by atoms with Crippen molar-refractivity contribution in [2.24, 2.45) is 0 Å². The highest BCUT2D eigenvalue weighted by molar-refractivity contribution is 5.48. The Labute approximate surface area is 89.9 Å². The van der Waals surface area contributed by atoms with E-state index in [2.05, 4.69) is 5.32 Å². The summed E-state index contributed by atoms with van der Waals surface area (Å²) in [7, 11) is 0. The van der Waals surface area contributed by atoms with Gasteiger partial charge in [0, 0.05) is 6.54 Å². The van der Waals surface area contributed by atoms with Crippen molar-refractivity contribution < 1.29 is 22.7 Å². The lowest BCUT2D eigenvalue weighted by atomic mass is 10.2. The van der Waals surface area contributed by atoms with E-state index in [-0.39, 0.29) is 12.2 Å². The molecule has 2 N–H and O–H groups in total. The molecule has 0 bridgehead atoms. The van der Waals surface area contributed by atoms with Crippen molar-refractivity contribution in [3.05, 3.63) is 29.6 Å². The lowest BCUT2D eigenvalue weighted by Crippen LogP contribution is -2.16. The van der Waals surface area contributed by atoms with E-state index >= 15 is 0 Å². The molecular weight excluding hydrogens is 226 g/mol. The summed E-state index contributed by atoms with van der Waals surface area (Å²) in [5, 5.41) is 11.3. The predicted octanol–water partition coefficient (Wildman–Crippen LogP) is 2.64. The van der Waals surface area contributed by atoms with E-state index in [1.165, 1.54) is 6.92 Å². The molecule has 0 amide bonds. The van der Waals surface area contributed by atoms with Gasteiger partial charge >= 0.3 is 6.18 Å². The van der Waals surface area contributed by atoms with Gasteiger partial charge < -0.3 is 10.4 Å². The number of aliphatic hydroxyl groups is 1. The second-order valence-corrected chi connectivity index (χ2v) is 3.42. The molecule has 2 nitrogen and oxygen atoms in total. The van der Waals surface area contributed by atoms with Gasteiger partial charge in [-0.1, -0.05) is 0 Å². The summed E-state index contributed by atoms with van der Waals surface area (Å²) in [5.41, 5.74) is -1.20. The fourth-order valence-electron chi connectivity index (χ4n) is 1.09. The summed E-state index contributed by atoms with van der Waals surface area (Å²) in [5.74, 6) is -0.784. The number of alkyl halides is 3. The van der Waals surface area contributed by atoms with Crippen LogP contribution >= 0.6 is 0 Å². The van der Waals surface area contributed by atoms with E-state index in [4.69, 9.17) is 5.11 Å². The quantitative estimate of drug-likeness (QED) is 0.792. The van der Waals surface area contributed by atoms with Crippen LogP contribution in [0.2, 0.25) is 0 Å². The van der Waals surface area contributed by atoms with Crippen molar-refractivity contribution in [1.82, 2.24) is 0 Å². The molecule has 1 aromatic carbocycles. The molecular formula is C10H11F4NO. The lowest BCUT2D eigenvalue weighted by molar-refractivity contribution is -0.137. The molecule has 0 heterocycles. The fourth-order valence-corrected chi connectivity index (χ4v) is 1.09. The summed E-state index contributed by atoms with van der Waals surface area (Å²) in [6, 6.07) is 2.09. The van der Waals surface area contributed by atoms with Crippen LogP contribution in [0.15, 0.2) is 18.2 Å². The Morgan fingerprint density at radius 1 is 1.38 bits per heavy atom. The Bertz CT molecular complexity index is 362. The topological polar surface area (TPSA) is 32.3 Å². The van der Waals surface area contributed by atoms with Gasteiger partial charge in [0.1, 0.15) is 5.82 Å². The number of rotatable bonds is 3. The summed E-state index contributed by atoms with van der Waals surface area (Å²) >= 11 is 0. The van der Waals surface area contributed by atoms with Gasteiger partial charge in [-0.05, 0) is 25.1 Å². The van der Waals surface area contributed by atoms with Crippen LogP contribution in [0.1, 0.15) is 12.5 Å². The van der Waals surface area contributed by atoms with Crippen LogP contribution < -0.4 is 5.32 Å². The Balaban J connectivity index is 2.91.